The Labute approximate surface area is 198 Å². The lowest BCUT2D eigenvalue weighted by Crippen LogP contribution is -2.62. The standard InChI is InChI=1S/C25H27NO7S/c1-16(27)9-10-25(34(30,31)18-7-5-4-6-8-18)15-26-20(14-23(25)28)19-13-22(33-3)21(32-2)11-17(19)12-24(26)29/h4-8,11,13,20H,9-10,12,14-15H2,1-3H3. The number of piperidine rings is 1. The third-order valence-corrected chi connectivity index (χ3v) is 9.29. The number of sulfone groups is 1. The average molecular weight is 486 g/mol. The molecular weight excluding hydrogens is 458 g/mol. The number of ether oxygens (including phenoxy) is 2. The molecule has 2 aromatic rings. The van der Waals surface area contributed by atoms with Crippen LogP contribution < -0.4 is 9.47 Å². The van der Waals surface area contributed by atoms with Crippen molar-refractivity contribution in [2.75, 3.05) is 20.8 Å². The van der Waals surface area contributed by atoms with Gasteiger partial charge in [0, 0.05) is 19.4 Å². The summed E-state index contributed by atoms with van der Waals surface area (Å²) in [7, 11) is -1.18. The highest BCUT2D eigenvalue weighted by molar-refractivity contribution is 7.93. The number of fused-ring (bicyclic) bond motifs is 3. The minimum atomic E-state index is -4.18. The summed E-state index contributed by atoms with van der Waals surface area (Å²) in [5, 5.41) is 0. The number of hydrogen-bond acceptors (Lipinski definition) is 7. The Kier molecular flexibility index (Phi) is 6.24. The van der Waals surface area contributed by atoms with Crippen LogP contribution in [0, 0.1) is 0 Å². The monoisotopic (exact) mass is 485 g/mol. The summed E-state index contributed by atoms with van der Waals surface area (Å²) in [6.45, 7) is 1.06. The number of Topliss-reactive ketones (excluding diaryl/α,β-unsaturated/α-hetero) is 2. The molecule has 0 radical (unpaired) electrons. The second kappa shape index (κ2) is 8.87. The van der Waals surface area contributed by atoms with Crippen molar-refractivity contribution in [2.45, 2.75) is 48.3 Å². The predicted molar refractivity (Wildman–Crippen MR) is 124 cm³/mol. The van der Waals surface area contributed by atoms with E-state index in [1.807, 2.05) is 0 Å². The SMILES string of the molecule is COc1cc2c(cc1OC)C1CC(=O)C(CCC(C)=O)(S(=O)(=O)c3ccccc3)CN1C(=O)C2. The van der Waals surface area contributed by atoms with E-state index in [-0.39, 0.29) is 48.8 Å². The summed E-state index contributed by atoms with van der Waals surface area (Å²) >= 11 is 0. The fourth-order valence-corrected chi connectivity index (χ4v) is 6.97. The lowest BCUT2D eigenvalue weighted by Gasteiger charge is -2.47. The zero-order valence-corrected chi connectivity index (χ0v) is 20.2. The second-order valence-corrected chi connectivity index (χ2v) is 11.0. The van der Waals surface area contributed by atoms with Gasteiger partial charge in [-0.1, -0.05) is 18.2 Å². The van der Waals surface area contributed by atoms with Crippen LogP contribution in [0.15, 0.2) is 47.4 Å². The number of rotatable bonds is 7. The van der Waals surface area contributed by atoms with E-state index in [0.717, 1.165) is 11.1 Å². The van der Waals surface area contributed by atoms with E-state index in [1.54, 1.807) is 30.3 Å². The van der Waals surface area contributed by atoms with Crippen LogP contribution in [-0.2, 0) is 30.6 Å². The summed E-state index contributed by atoms with van der Waals surface area (Å²) in [4.78, 5) is 40.2. The topological polar surface area (TPSA) is 107 Å². The van der Waals surface area contributed by atoms with Crippen molar-refractivity contribution in [2.24, 2.45) is 0 Å². The van der Waals surface area contributed by atoms with Gasteiger partial charge in [-0.15, -0.1) is 0 Å². The van der Waals surface area contributed by atoms with Crippen molar-refractivity contribution in [1.82, 2.24) is 4.90 Å². The molecule has 2 aliphatic rings. The summed E-state index contributed by atoms with van der Waals surface area (Å²) in [6, 6.07) is 10.6. The van der Waals surface area contributed by atoms with Crippen LogP contribution in [0.5, 0.6) is 11.5 Å². The molecule has 0 aliphatic carbocycles. The van der Waals surface area contributed by atoms with Gasteiger partial charge in [0.25, 0.3) is 0 Å². The van der Waals surface area contributed by atoms with Gasteiger partial charge < -0.3 is 19.2 Å². The van der Waals surface area contributed by atoms with E-state index in [1.165, 1.54) is 38.2 Å². The molecule has 0 aromatic heterocycles. The van der Waals surface area contributed by atoms with E-state index in [2.05, 4.69) is 0 Å². The number of hydrogen-bond donors (Lipinski definition) is 0. The van der Waals surface area contributed by atoms with Crippen molar-refractivity contribution in [3.8, 4) is 11.5 Å². The largest absolute Gasteiger partial charge is 0.493 e. The van der Waals surface area contributed by atoms with E-state index in [4.69, 9.17) is 9.47 Å². The van der Waals surface area contributed by atoms with Gasteiger partial charge in [-0.05, 0) is 48.7 Å². The maximum atomic E-state index is 13.8. The Morgan fingerprint density at radius 1 is 1.09 bits per heavy atom. The van der Waals surface area contributed by atoms with E-state index >= 15 is 0 Å². The summed E-state index contributed by atoms with van der Waals surface area (Å²) in [6.07, 6.45) is -0.369. The Hall–Kier alpha value is -3.20. The number of methoxy groups -OCH3 is 2. The van der Waals surface area contributed by atoms with E-state index < -0.39 is 26.4 Å². The lowest BCUT2D eigenvalue weighted by atomic mass is 9.80. The number of carbonyl (C=O) groups excluding carboxylic acids is 3. The third kappa shape index (κ3) is 3.77. The molecular formula is C25H27NO7S. The highest BCUT2D eigenvalue weighted by Crippen LogP contribution is 2.46. The maximum absolute atomic E-state index is 13.8. The lowest BCUT2D eigenvalue weighted by molar-refractivity contribution is -0.141. The number of benzene rings is 2. The summed E-state index contributed by atoms with van der Waals surface area (Å²) in [5.41, 5.74) is 1.46. The molecule has 2 aliphatic heterocycles. The maximum Gasteiger partial charge on any atom is 0.227 e. The molecule has 2 atom stereocenters. The van der Waals surface area contributed by atoms with Crippen LogP contribution in [-0.4, -0.2) is 56.3 Å². The summed E-state index contributed by atoms with van der Waals surface area (Å²) < 4.78 is 36.5. The Morgan fingerprint density at radius 3 is 2.35 bits per heavy atom. The number of nitrogens with zero attached hydrogens (tertiary/aromatic N) is 1. The molecule has 1 fully saturated rings. The Bertz CT molecular complexity index is 1260. The summed E-state index contributed by atoms with van der Waals surface area (Å²) in [5.74, 6) is -0.0351. The zero-order chi connectivity index (χ0) is 24.7. The molecule has 2 unspecified atom stereocenters. The van der Waals surface area contributed by atoms with Crippen LogP contribution in [0.25, 0.3) is 0 Å². The van der Waals surface area contributed by atoms with Crippen molar-refractivity contribution in [3.05, 3.63) is 53.6 Å². The van der Waals surface area contributed by atoms with Gasteiger partial charge in [-0.25, -0.2) is 8.42 Å². The molecule has 1 amide bonds. The van der Waals surface area contributed by atoms with Crippen molar-refractivity contribution < 1.29 is 32.3 Å². The highest BCUT2D eigenvalue weighted by atomic mass is 32.2. The molecule has 0 bridgehead atoms. The fourth-order valence-electron chi connectivity index (χ4n) is 4.94. The van der Waals surface area contributed by atoms with Gasteiger partial charge in [-0.2, -0.15) is 0 Å². The zero-order valence-electron chi connectivity index (χ0n) is 19.4. The first-order chi connectivity index (χ1) is 16.1. The smallest absolute Gasteiger partial charge is 0.227 e. The van der Waals surface area contributed by atoms with Crippen molar-refractivity contribution >= 4 is 27.3 Å². The first-order valence-corrected chi connectivity index (χ1v) is 12.5. The third-order valence-electron chi connectivity index (χ3n) is 6.80. The van der Waals surface area contributed by atoms with Crippen LogP contribution in [0.4, 0.5) is 0 Å². The molecule has 34 heavy (non-hydrogen) atoms. The molecule has 8 nitrogen and oxygen atoms in total. The molecule has 180 valence electrons. The Balaban J connectivity index is 1.82. The van der Waals surface area contributed by atoms with Crippen LogP contribution in [0.1, 0.15) is 43.4 Å². The molecule has 0 saturated carbocycles. The van der Waals surface area contributed by atoms with E-state index in [0.29, 0.717) is 11.5 Å². The number of ketones is 2. The average Bonchev–Trinajstić information content (AvgIpc) is 2.82. The number of carbonyl (C=O) groups is 3. The van der Waals surface area contributed by atoms with Gasteiger partial charge in [0.2, 0.25) is 5.91 Å². The van der Waals surface area contributed by atoms with Gasteiger partial charge in [0.1, 0.15) is 5.78 Å². The normalized spacial score (nSPS) is 22.1. The minimum absolute atomic E-state index is 0.00150. The quantitative estimate of drug-likeness (QED) is 0.593. The minimum Gasteiger partial charge on any atom is -0.493 e. The molecule has 9 heteroatoms. The van der Waals surface area contributed by atoms with E-state index in [9.17, 15) is 22.8 Å². The Morgan fingerprint density at radius 2 is 1.74 bits per heavy atom. The molecule has 4 rings (SSSR count). The first-order valence-electron chi connectivity index (χ1n) is 11.0. The molecule has 2 heterocycles. The number of amides is 1. The van der Waals surface area contributed by atoms with Gasteiger partial charge in [0.15, 0.2) is 31.9 Å². The molecule has 0 spiro atoms. The van der Waals surface area contributed by atoms with Gasteiger partial charge in [0.05, 0.1) is 31.6 Å². The molecule has 0 N–H and O–H groups in total. The van der Waals surface area contributed by atoms with Crippen LogP contribution >= 0.6 is 0 Å². The predicted octanol–water partition coefficient (Wildman–Crippen LogP) is 2.68. The highest BCUT2D eigenvalue weighted by Gasteiger charge is 2.57. The fraction of sp³-hybridized carbons (Fsp3) is 0.400. The molecule has 1 saturated heterocycles. The van der Waals surface area contributed by atoms with Crippen LogP contribution in [0.2, 0.25) is 0 Å². The first kappa shape index (κ1) is 23.9. The second-order valence-electron chi connectivity index (χ2n) is 8.76. The molecule has 2 aromatic carbocycles. The van der Waals surface area contributed by atoms with Crippen molar-refractivity contribution in [3.63, 3.8) is 0 Å². The van der Waals surface area contributed by atoms with Gasteiger partial charge >= 0.3 is 0 Å². The van der Waals surface area contributed by atoms with Crippen molar-refractivity contribution in [1.29, 1.82) is 0 Å². The van der Waals surface area contributed by atoms with Crippen LogP contribution in [0.3, 0.4) is 0 Å². The van der Waals surface area contributed by atoms with Gasteiger partial charge in [-0.3, -0.25) is 9.59 Å².